The Bertz CT molecular complexity index is 435. The molecule has 0 radical (unpaired) electrons. The van der Waals surface area contributed by atoms with Crippen LogP contribution in [-0.2, 0) is 12.8 Å². The van der Waals surface area contributed by atoms with Crippen molar-refractivity contribution in [3.63, 3.8) is 0 Å². The molecule has 0 fully saturated rings. The summed E-state index contributed by atoms with van der Waals surface area (Å²) in [7, 11) is 0. The summed E-state index contributed by atoms with van der Waals surface area (Å²) in [6.07, 6.45) is 3.56. The third-order valence-electron chi connectivity index (χ3n) is 2.23. The van der Waals surface area contributed by atoms with Gasteiger partial charge in [-0.3, -0.25) is 4.98 Å². The fourth-order valence-electron chi connectivity index (χ4n) is 1.28. The van der Waals surface area contributed by atoms with E-state index in [9.17, 15) is 0 Å². The maximum atomic E-state index is 5.65. The number of nitrogens with two attached hydrogens (primary N) is 1. The van der Waals surface area contributed by atoms with Gasteiger partial charge in [0.15, 0.2) is 5.82 Å². The SMILES string of the molecule is CCc1ccc(Cc2nsnc2N)nc1. The third kappa shape index (κ3) is 2.30. The quantitative estimate of drug-likeness (QED) is 0.854. The second-order valence-corrected chi connectivity index (χ2v) is 3.81. The molecule has 5 heteroatoms. The standard InChI is InChI=1S/C10H12N4S/c1-2-7-3-4-8(12-6-7)5-9-10(11)14-15-13-9/h3-4,6H,2,5H2,1H3,(H2,11,14). The van der Waals surface area contributed by atoms with E-state index in [1.54, 1.807) is 0 Å². The molecule has 0 atom stereocenters. The summed E-state index contributed by atoms with van der Waals surface area (Å²) in [5.41, 5.74) is 8.69. The van der Waals surface area contributed by atoms with Gasteiger partial charge in [-0.25, -0.2) is 0 Å². The lowest BCUT2D eigenvalue weighted by molar-refractivity contribution is 1.01. The number of rotatable bonds is 3. The molecule has 0 saturated heterocycles. The second-order valence-electron chi connectivity index (χ2n) is 3.28. The zero-order valence-corrected chi connectivity index (χ0v) is 9.29. The van der Waals surface area contributed by atoms with Crippen LogP contribution in [0.2, 0.25) is 0 Å². The first kappa shape index (κ1) is 10.0. The normalized spacial score (nSPS) is 10.5. The van der Waals surface area contributed by atoms with Gasteiger partial charge in [0, 0.05) is 18.3 Å². The fourth-order valence-corrected chi connectivity index (χ4v) is 1.77. The van der Waals surface area contributed by atoms with Crippen LogP contribution in [-0.4, -0.2) is 13.7 Å². The van der Waals surface area contributed by atoms with Crippen LogP contribution in [0.4, 0.5) is 5.82 Å². The lowest BCUT2D eigenvalue weighted by Gasteiger charge is -1.99. The Morgan fingerprint density at radius 2 is 2.20 bits per heavy atom. The van der Waals surface area contributed by atoms with Crippen molar-refractivity contribution in [3.05, 3.63) is 35.3 Å². The molecule has 2 aromatic rings. The number of nitrogen functional groups attached to an aromatic ring is 1. The highest BCUT2D eigenvalue weighted by Gasteiger charge is 2.05. The van der Waals surface area contributed by atoms with Crippen molar-refractivity contribution >= 4 is 17.5 Å². The van der Waals surface area contributed by atoms with Gasteiger partial charge in [-0.05, 0) is 18.1 Å². The van der Waals surface area contributed by atoms with E-state index < -0.39 is 0 Å². The zero-order chi connectivity index (χ0) is 10.7. The summed E-state index contributed by atoms with van der Waals surface area (Å²) in [6.45, 7) is 2.11. The Labute approximate surface area is 92.5 Å². The number of nitrogens with zero attached hydrogens (tertiary/aromatic N) is 3. The van der Waals surface area contributed by atoms with Gasteiger partial charge < -0.3 is 5.73 Å². The molecule has 15 heavy (non-hydrogen) atoms. The van der Waals surface area contributed by atoms with Gasteiger partial charge in [0.1, 0.15) is 5.69 Å². The van der Waals surface area contributed by atoms with E-state index in [-0.39, 0.29) is 0 Å². The highest BCUT2D eigenvalue weighted by Crippen LogP contribution is 2.12. The topological polar surface area (TPSA) is 64.7 Å². The first-order chi connectivity index (χ1) is 7.29. The Kier molecular flexibility index (Phi) is 2.91. The molecule has 2 rings (SSSR count). The van der Waals surface area contributed by atoms with Crippen LogP contribution in [0.3, 0.4) is 0 Å². The van der Waals surface area contributed by atoms with Crippen molar-refractivity contribution in [2.24, 2.45) is 0 Å². The lowest BCUT2D eigenvalue weighted by Crippen LogP contribution is -1.97. The Balaban J connectivity index is 2.14. The molecule has 0 amide bonds. The van der Waals surface area contributed by atoms with Crippen LogP contribution < -0.4 is 5.73 Å². The largest absolute Gasteiger partial charge is 0.381 e. The van der Waals surface area contributed by atoms with Crippen LogP contribution in [0, 0.1) is 0 Å². The number of aryl methyl sites for hydroxylation is 1. The molecule has 0 aliphatic carbocycles. The number of hydrogen-bond donors (Lipinski definition) is 1. The van der Waals surface area contributed by atoms with Crippen molar-refractivity contribution in [2.45, 2.75) is 19.8 Å². The predicted molar refractivity (Wildman–Crippen MR) is 60.7 cm³/mol. The average molecular weight is 220 g/mol. The minimum Gasteiger partial charge on any atom is -0.381 e. The molecule has 4 nitrogen and oxygen atoms in total. The van der Waals surface area contributed by atoms with Crippen molar-refractivity contribution in [1.82, 2.24) is 13.7 Å². The first-order valence-corrected chi connectivity index (χ1v) is 5.53. The molecule has 2 heterocycles. The monoisotopic (exact) mass is 220 g/mol. The first-order valence-electron chi connectivity index (χ1n) is 4.80. The van der Waals surface area contributed by atoms with E-state index in [1.807, 2.05) is 12.3 Å². The lowest BCUT2D eigenvalue weighted by atomic mass is 10.1. The minimum atomic E-state index is 0.515. The summed E-state index contributed by atoms with van der Waals surface area (Å²) in [6, 6.07) is 4.09. The van der Waals surface area contributed by atoms with E-state index in [0.29, 0.717) is 12.2 Å². The van der Waals surface area contributed by atoms with Gasteiger partial charge >= 0.3 is 0 Å². The highest BCUT2D eigenvalue weighted by molar-refractivity contribution is 6.99. The minimum absolute atomic E-state index is 0.515. The van der Waals surface area contributed by atoms with Gasteiger partial charge in [0.25, 0.3) is 0 Å². The highest BCUT2D eigenvalue weighted by atomic mass is 32.1. The van der Waals surface area contributed by atoms with E-state index in [0.717, 1.165) is 29.5 Å². The number of anilines is 1. The molecule has 0 saturated carbocycles. The maximum absolute atomic E-state index is 5.65. The summed E-state index contributed by atoms with van der Waals surface area (Å²) in [4.78, 5) is 4.35. The number of aromatic nitrogens is 3. The maximum Gasteiger partial charge on any atom is 0.161 e. The molecule has 0 aromatic carbocycles. The third-order valence-corrected chi connectivity index (χ3v) is 2.81. The Hall–Kier alpha value is -1.49. The molecule has 0 spiro atoms. The molecule has 2 N–H and O–H groups in total. The zero-order valence-electron chi connectivity index (χ0n) is 8.47. The van der Waals surface area contributed by atoms with Gasteiger partial charge in [-0.1, -0.05) is 13.0 Å². The fraction of sp³-hybridized carbons (Fsp3) is 0.300. The molecule has 78 valence electrons. The van der Waals surface area contributed by atoms with E-state index in [2.05, 4.69) is 26.7 Å². The predicted octanol–water partition coefficient (Wildman–Crippen LogP) is 1.67. The molecular weight excluding hydrogens is 208 g/mol. The Morgan fingerprint density at radius 3 is 2.73 bits per heavy atom. The van der Waals surface area contributed by atoms with Crippen molar-refractivity contribution in [3.8, 4) is 0 Å². The van der Waals surface area contributed by atoms with Gasteiger partial charge in [-0.15, -0.1) is 0 Å². The molecule has 0 aliphatic rings. The van der Waals surface area contributed by atoms with Crippen LogP contribution in [0.15, 0.2) is 18.3 Å². The van der Waals surface area contributed by atoms with Crippen molar-refractivity contribution in [2.75, 3.05) is 5.73 Å². The van der Waals surface area contributed by atoms with Gasteiger partial charge in [-0.2, -0.15) is 8.75 Å². The summed E-state index contributed by atoms with van der Waals surface area (Å²) >= 11 is 1.14. The summed E-state index contributed by atoms with van der Waals surface area (Å²) in [5.74, 6) is 0.515. The smallest absolute Gasteiger partial charge is 0.161 e. The van der Waals surface area contributed by atoms with Gasteiger partial charge in [0.05, 0.1) is 11.7 Å². The van der Waals surface area contributed by atoms with E-state index in [4.69, 9.17) is 5.73 Å². The molecule has 0 unspecified atom stereocenters. The summed E-state index contributed by atoms with van der Waals surface area (Å²) < 4.78 is 8.05. The van der Waals surface area contributed by atoms with Crippen LogP contribution in [0.1, 0.15) is 23.9 Å². The Morgan fingerprint density at radius 1 is 1.33 bits per heavy atom. The second kappa shape index (κ2) is 4.35. The van der Waals surface area contributed by atoms with E-state index >= 15 is 0 Å². The molecular formula is C10H12N4S. The number of pyridine rings is 1. The summed E-state index contributed by atoms with van der Waals surface area (Å²) in [5, 5.41) is 0. The number of hydrogen-bond acceptors (Lipinski definition) is 5. The van der Waals surface area contributed by atoms with E-state index in [1.165, 1.54) is 5.56 Å². The van der Waals surface area contributed by atoms with Crippen LogP contribution in [0.25, 0.3) is 0 Å². The average Bonchev–Trinajstić information content (AvgIpc) is 2.66. The van der Waals surface area contributed by atoms with Crippen molar-refractivity contribution in [1.29, 1.82) is 0 Å². The molecule has 2 aromatic heterocycles. The van der Waals surface area contributed by atoms with Crippen molar-refractivity contribution < 1.29 is 0 Å². The van der Waals surface area contributed by atoms with Gasteiger partial charge in [0.2, 0.25) is 0 Å². The molecule has 0 bridgehead atoms. The van der Waals surface area contributed by atoms with Crippen LogP contribution in [0.5, 0.6) is 0 Å². The van der Waals surface area contributed by atoms with Crippen LogP contribution >= 0.6 is 11.7 Å². The molecule has 0 aliphatic heterocycles.